The maximum atomic E-state index is 2.35. The van der Waals surface area contributed by atoms with E-state index >= 15 is 0 Å². The third-order valence-corrected chi connectivity index (χ3v) is 3.03. The SMILES string of the molecule is C.CCCC(CC)C(CC)CCC. The van der Waals surface area contributed by atoms with E-state index in [1.165, 1.54) is 38.5 Å². The summed E-state index contributed by atoms with van der Waals surface area (Å²) in [6, 6.07) is 0. The first-order valence-corrected chi connectivity index (χ1v) is 5.79. The Morgan fingerprint density at radius 2 is 1.00 bits per heavy atom. The lowest BCUT2D eigenvalue weighted by Crippen LogP contribution is -2.13. The first-order valence-electron chi connectivity index (χ1n) is 5.79. The van der Waals surface area contributed by atoms with Gasteiger partial charge in [-0.05, 0) is 11.8 Å². The van der Waals surface area contributed by atoms with E-state index < -0.39 is 0 Å². The van der Waals surface area contributed by atoms with Crippen molar-refractivity contribution in [2.24, 2.45) is 11.8 Å². The summed E-state index contributed by atoms with van der Waals surface area (Å²) in [5.74, 6) is 2.00. The molecule has 13 heavy (non-hydrogen) atoms. The van der Waals surface area contributed by atoms with Crippen molar-refractivity contribution in [1.29, 1.82) is 0 Å². The highest BCUT2D eigenvalue weighted by Gasteiger charge is 2.15. The lowest BCUT2D eigenvalue weighted by Gasteiger charge is -2.24. The average molecular weight is 186 g/mol. The fraction of sp³-hybridized carbons (Fsp3) is 1.00. The maximum absolute atomic E-state index is 2.35. The minimum atomic E-state index is 0. The molecule has 0 amide bonds. The predicted octanol–water partition coefficient (Wildman–Crippen LogP) is 5.28. The molecule has 82 valence electrons. The zero-order chi connectivity index (χ0) is 9.40. The summed E-state index contributed by atoms with van der Waals surface area (Å²) in [4.78, 5) is 0. The Morgan fingerprint density at radius 3 is 1.15 bits per heavy atom. The monoisotopic (exact) mass is 186 g/mol. The fourth-order valence-corrected chi connectivity index (χ4v) is 2.29. The van der Waals surface area contributed by atoms with Gasteiger partial charge in [0.25, 0.3) is 0 Å². The molecule has 0 radical (unpaired) electrons. The summed E-state index contributed by atoms with van der Waals surface area (Å²) in [6.07, 6.45) is 8.36. The van der Waals surface area contributed by atoms with Crippen molar-refractivity contribution >= 4 is 0 Å². The summed E-state index contributed by atoms with van der Waals surface area (Å²) in [5, 5.41) is 0. The van der Waals surface area contributed by atoms with Crippen molar-refractivity contribution in [3.05, 3.63) is 0 Å². The summed E-state index contributed by atoms with van der Waals surface area (Å²) in [6.45, 7) is 9.31. The van der Waals surface area contributed by atoms with E-state index in [1.54, 1.807) is 0 Å². The lowest BCUT2D eigenvalue weighted by atomic mass is 9.82. The van der Waals surface area contributed by atoms with Gasteiger partial charge in [0.15, 0.2) is 0 Å². The van der Waals surface area contributed by atoms with Crippen LogP contribution < -0.4 is 0 Å². The van der Waals surface area contributed by atoms with Crippen LogP contribution in [0.25, 0.3) is 0 Å². The van der Waals surface area contributed by atoms with E-state index in [4.69, 9.17) is 0 Å². The Kier molecular flexibility index (Phi) is 12.0. The highest BCUT2D eigenvalue weighted by Crippen LogP contribution is 2.27. The van der Waals surface area contributed by atoms with E-state index in [0.29, 0.717) is 0 Å². The minimum absolute atomic E-state index is 0. The summed E-state index contributed by atoms with van der Waals surface area (Å²) in [5.41, 5.74) is 0. The molecule has 0 aromatic rings. The van der Waals surface area contributed by atoms with Gasteiger partial charge in [-0.15, -0.1) is 0 Å². The van der Waals surface area contributed by atoms with Crippen LogP contribution >= 0.6 is 0 Å². The molecule has 0 saturated carbocycles. The molecule has 0 aliphatic heterocycles. The van der Waals surface area contributed by atoms with Crippen LogP contribution in [0, 0.1) is 11.8 Å². The van der Waals surface area contributed by atoms with Gasteiger partial charge in [-0.1, -0.05) is 73.6 Å². The second-order valence-electron chi connectivity index (χ2n) is 3.91. The first kappa shape index (κ1) is 15.5. The average Bonchev–Trinajstić information content (AvgIpc) is 2.11. The van der Waals surface area contributed by atoms with Gasteiger partial charge < -0.3 is 0 Å². The molecule has 0 spiro atoms. The molecule has 2 atom stereocenters. The van der Waals surface area contributed by atoms with Crippen LogP contribution in [0.15, 0.2) is 0 Å². The van der Waals surface area contributed by atoms with E-state index in [9.17, 15) is 0 Å². The molecular weight excluding hydrogens is 156 g/mol. The highest BCUT2D eigenvalue weighted by atomic mass is 14.2. The van der Waals surface area contributed by atoms with Crippen molar-refractivity contribution in [2.75, 3.05) is 0 Å². The Hall–Kier alpha value is 0. The molecule has 0 fully saturated rings. The lowest BCUT2D eigenvalue weighted by molar-refractivity contribution is 0.274. The Bertz CT molecular complexity index is 74.0. The molecule has 2 unspecified atom stereocenters. The molecule has 0 heterocycles. The molecule has 0 aliphatic carbocycles. The summed E-state index contributed by atoms with van der Waals surface area (Å²) >= 11 is 0. The van der Waals surface area contributed by atoms with Crippen LogP contribution in [0.1, 0.15) is 73.6 Å². The standard InChI is InChI=1S/C12H26.CH4/c1-5-9-11(7-3)12(8-4)10-6-2;/h11-12H,5-10H2,1-4H3;1H4. The Labute approximate surface area is 86.1 Å². The molecule has 0 bridgehead atoms. The van der Waals surface area contributed by atoms with Crippen molar-refractivity contribution in [3.63, 3.8) is 0 Å². The van der Waals surface area contributed by atoms with Crippen molar-refractivity contribution in [1.82, 2.24) is 0 Å². The summed E-state index contributed by atoms with van der Waals surface area (Å²) < 4.78 is 0. The van der Waals surface area contributed by atoms with Crippen molar-refractivity contribution in [2.45, 2.75) is 73.6 Å². The van der Waals surface area contributed by atoms with E-state index in [1.807, 2.05) is 0 Å². The third-order valence-electron chi connectivity index (χ3n) is 3.03. The molecule has 0 N–H and O–H groups in total. The van der Waals surface area contributed by atoms with Crippen LogP contribution in [0.3, 0.4) is 0 Å². The van der Waals surface area contributed by atoms with E-state index in [0.717, 1.165) is 11.8 Å². The van der Waals surface area contributed by atoms with Crippen molar-refractivity contribution in [3.8, 4) is 0 Å². The maximum Gasteiger partial charge on any atom is -0.0389 e. The predicted molar refractivity (Wildman–Crippen MR) is 64.1 cm³/mol. The quantitative estimate of drug-likeness (QED) is 0.508. The van der Waals surface area contributed by atoms with Gasteiger partial charge >= 0.3 is 0 Å². The van der Waals surface area contributed by atoms with Gasteiger partial charge in [-0.3, -0.25) is 0 Å². The van der Waals surface area contributed by atoms with Gasteiger partial charge in [0.2, 0.25) is 0 Å². The second-order valence-corrected chi connectivity index (χ2v) is 3.91. The molecule has 0 aromatic carbocycles. The third kappa shape index (κ3) is 6.12. The van der Waals surface area contributed by atoms with Gasteiger partial charge in [-0.2, -0.15) is 0 Å². The van der Waals surface area contributed by atoms with Gasteiger partial charge in [0, 0.05) is 0 Å². The van der Waals surface area contributed by atoms with Gasteiger partial charge in [-0.25, -0.2) is 0 Å². The molecule has 0 heteroatoms. The normalized spacial score (nSPS) is 14.8. The minimum Gasteiger partial charge on any atom is -0.0776 e. The van der Waals surface area contributed by atoms with Gasteiger partial charge in [0.1, 0.15) is 0 Å². The molecule has 0 aliphatic rings. The van der Waals surface area contributed by atoms with Crippen LogP contribution in [-0.2, 0) is 0 Å². The molecule has 0 aromatic heterocycles. The van der Waals surface area contributed by atoms with E-state index in [-0.39, 0.29) is 7.43 Å². The molecule has 0 nitrogen and oxygen atoms in total. The van der Waals surface area contributed by atoms with Crippen LogP contribution in [0.5, 0.6) is 0 Å². The zero-order valence-corrected chi connectivity index (χ0v) is 9.40. The zero-order valence-electron chi connectivity index (χ0n) is 9.40. The number of rotatable bonds is 7. The van der Waals surface area contributed by atoms with E-state index in [2.05, 4.69) is 27.7 Å². The Balaban J connectivity index is 0. The smallest absolute Gasteiger partial charge is 0.0389 e. The Morgan fingerprint density at radius 1 is 0.692 bits per heavy atom. The fourth-order valence-electron chi connectivity index (χ4n) is 2.29. The molecular formula is C13H30. The second kappa shape index (κ2) is 10.1. The van der Waals surface area contributed by atoms with Crippen LogP contribution in [0.4, 0.5) is 0 Å². The summed E-state index contributed by atoms with van der Waals surface area (Å²) in [7, 11) is 0. The van der Waals surface area contributed by atoms with Crippen molar-refractivity contribution < 1.29 is 0 Å². The van der Waals surface area contributed by atoms with Crippen LogP contribution in [-0.4, -0.2) is 0 Å². The largest absolute Gasteiger partial charge is 0.0776 e. The number of hydrogen-bond acceptors (Lipinski definition) is 0. The molecule has 0 rings (SSSR count). The topological polar surface area (TPSA) is 0 Å². The van der Waals surface area contributed by atoms with Crippen LogP contribution in [0.2, 0.25) is 0 Å². The highest BCUT2D eigenvalue weighted by molar-refractivity contribution is 4.67. The van der Waals surface area contributed by atoms with Gasteiger partial charge in [0.05, 0.1) is 0 Å². The number of hydrogen-bond donors (Lipinski definition) is 0. The first-order chi connectivity index (χ1) is 5.79. The molecule has 0 saturated heterocycles.